The van der Waals surface area contributed by atoms with Gasteiger partial charge in [-0.3, -0.25) is 14.6 Å². The maximum atomic E-state index is 12.0. The van der Waals surface area contributed by atoms with E-state index in [-0.39, 0.29) is 6.03 Å². The molecular formula is C15H20N4O2. The molecule has 6 heteroatoms. The summed E-state index contributed by atoms with van der Waals surface area (Å²) >= 11 is 0. The Morgan fingerprint density at radius 3 is 2.86 bits per heavy atom. The zero-order chi connectivity index (χ0) is 15.2. The average Bonchev–Trinajstić information content (AvgIpc) is 3.01. The number of allylic oxidation sites excluding steroid dienone is 1. The fourth-order valence-electron chi connectivity index (χ4n) is 2.24. The van der Waals surface area contributed by atoms with Gasteiger partial charge in [0, 0.05) is 19.6 Å². The molecule has 0 saturated carbocycles. The number of urea groups is 1. The Labute approximate surface area is 124 Å². The van der Waals surface area contributed by atoms with Gasteiger partial charge in [0.05, 0.1) is 11.9 Å². The van der Waals surface area contributed by atoms with Crippen LogP contribution in [0.4, 0.5) is 16.3 Å². The number of anilines is 2. The summed E-state index contributed by atoms with van der Waals surface area (Å²) in [7, 11) is 1.44. The lowest BCUT2D eigenvalue weighted by Crippen LogP contribution is -2.40. The SMILES string of the molecule is CCN(C(=O)N(C)C=O)c1ccc(NC2C=CCC2)nc1. The molecule has 0 saturated heterocycles. The van der Waals surface area contributed by atoms with Crippen LogP contribution in [0.15, 0.2) is 30.5 Å². The van der Waals surface area contributed by atoms with Gasteiger partial charge in [-0.2, -0.15) is 0 Å². The van der Waals surface area contributed by atoms with E-state index in [9.17, 15) is 9.59 Å². The highest BCUT2D eigenvalue weighted by atomic mass is 16.2. The molecule has 1 aromatic heterocycles. The number of aromatic nitrogens is 1. The summed E-state index contributed by atoms with van der Waals surface area (Å²) in [5.41, 5.74) is 0.670. The van der Waals surface area contributed by atoms with Gasteiger partial charge in [0.2, 0.25) is 6.41 Å². The minimum Gasteiger partial charge on any atom is -0.364 e. The van der Waals surface area contributed by atoms with Crippen molar-refractivity contribution in [3.05, 3.63) is 30.5 Å². The molecule has 0 aromatic carbocycles. The van der Waals surface area contributed by atoms with E-state index >= 15 is 0 Å². The van der Waals surface area contributed by atoms with Crippen LogP contribution in [0, 0.1) is 0 Å². The smallest absolute Gasteiger partial charge is 0.330 e. The fourth-order valence-corrected chi connectivity index (χ4v) is 2.24. The van der Waals surface area contributed by atoms with Crippen LogP contribution in [0.2, 0.25) is 0 Å². The highest BCUT2D eigenvalue weighted by molar-refractivity contribution is 5.97. The molecule has 3 amide bonds. The van der Waals surface area contributed by atoms with Crippen molar-refractivity contribution in [1.29, 1.82) is 0 Å². The Bertz CT molecular complexity index is 527. The van der Waals surface area contributed by atoms with Crippen molar-refractivity contribution in [2.45, 2.75) is 25.8 Å². The van der Waals surface area contributed by atoms with Crippen molar-refractivity contribution >= 4 is 23.9 Å². The quantitative estimate of drug-likeness (QED) is 0.666. The lowest BCUT2D eigenvalue weighted by molar-refractivity contribution is -0.114. The van der Waals surface area contributed by atoms with Crippen molar-refractivity contribution in [2.75, 3.05) is 23.8 Å². The topological polar surface area (TPSA) is 65.5 Å². The maximum absolute atomic E-state index is 12.0. The molecule has 1 aromatic rings. The second kappa shape index (κ2) is 6.88. The van der Waals surface area contributed by atoms with Crippen molar-refractivity contribution in [3.8, 4) is 0 Å². The Morgan fingerprint density at radius 2 is 2.33 bits per heavy atom. The average molecular weight is 288 g/mol. The van der Waals surface area contributed by atoms with Gasteiger partial charge in [0.15, 0.2) is 0 Å². The third-order valence-electron chi connectivity index (χ3n) is 3.41. The van der Waals surface area contributed by atoms with Crippen LogP contribution in [0.1, 0.15) is 19.8 Å². The monoisotopic (exact) mass is 288 g/mol. The number of nitrogens with one attached hydrogen (secondary N) is 1. The van der Waals surface area contributed by atoms with Crippen LogP contribution in [-0.2, 0) is 4.79 Å². The molecule has 1 unspecified atom stereocenters. The van der Waals surface area contributed by atoms with Crippen molar-refractivity contribution in [2.24, 2.45) is 0 Å². The molecule has 1 atom stereocenters. The molecule has 0 aliphatic heterocycles. The van der Waals surface area contributed by atoms with E-state index in [1.165, 1.54) is 11.9 Å². The van der Waals surface area contributed by atoms with Crippen LogP contribution >= 0.6 is 0 Å². The molecule has 1 heterocycles. The number of hydrogen-bond acceptors (Lipinski definition) is 4. The number of pyridine rings is 1. The highest BCUT2D eigenvalue weighted by Crippen LogP contribution is 2.19. The molecule has 2 rings (SSSR count). The Kier molecular flexibility index (Phi) is 4.92. The number of nitrogens with zero attached hydrogens (tertiary/aromatic N) is 3. The molecule has 0 spiro atoms. The second-order valence-electron chi connectivity index (χ2n) is 4.90. The fraction of sp³-hybridized carbons (Fsp3) is 0.400. The standard InChI is InChI=1S/C15H20N4O2/c1-3-19(15(21)18(2)11-20)13-8-9-14(16-10-13)17-12-6-4-5-7-12/h4,6,8-12H,3,5,7H2,1-2H3,(H,16,17). The summed E-state index contributed by atoms with van der Waals surface area (Å²) in [6.45, 7) is 2.32. The third kappa shape index (κ3) is 3.59. The molecule has 1 aliphatic rings. The Balaban J connectivity index is 2.07. The predicted molar refractivity (Wildman–Crippen MR) is 82.3 cm³/mol. The molecule has 112 valence electrons. The molecule has 1 N–H and O–H groups in total. The number of amides is 3. The van der Waals surface area contributed by atoms with E-state index in [2.05, 4.69) is 22.5 Å². The third-order valence-corrected chi connectivity index (χ3v) is 3.41. The lowest BCUT2D eigenvalue weighted by atomic mass is 10.2. The predicted octanol–water partition coefficient (Wildman–Crippen LogP) is 2.25. The van der Waals surface area contributed by atoms with Gasteiger partial charge in [-0.25, -0.2) is 9.78 Å². The number of imide groups is 1. The highest BCUT2D eigenvalue weighted by Gasteiger charge is 2.18. The van der Waals surface area contributed by atoms with Gasteiger partial charge in [-0.1, -0.05) is 12.2 Å². The second-order valence-corrected chi connectivity index (χ2v) is 4.90. The lowest BCUT2D eigenvalue weighted by Gasteiger charge is -2.24. The molecule has 0 fully saturated rings. The van der Waals surface area contributed by atoms with Crippen LogP contribution in [0.3, 0.4) is 0 Å². The number of rotatable bonds is 5. The first-order chi connectivity index (χ1) is 10.2. The Hall–Kier alpha value is -2.37. The molecule has 21 heavy (non-hydrogen) atoms. The zero-order valence-corrected chi connectivity index (χ0v) is 12.3. The van der Waals surface area contributed by atoms with Gasteiger partial charge < -0.3 is 5.32 Å². The van der Waals surface area contributed by atoms with E-state index < -0.39 is 0 Å². The first-order valence-electron chi connectivity index (χ1n) is 7.04. The van der Waals surface area contributed by atoms with Crippen LogP contribution in [0.25, 0.3) is 0 Å². The number of carbonyl (C=O) groups excluding carboxylic acids is 2. The van der Waals surface area contributed by atoms with Crippen LogP contribution in [0.5, 0.6) is 0 Å². The van der Waals surface area contributed by atoms with Gasteiger partial charge in [0.25, 0.3) is 0 Å². The normalized spacial score (nSPS) is 16.6. The molecule has 0 bridgehead atoms. The molecule has 1 aliphatic carbocycles. The van der Waals surface area contributed by atoms with Gasteiger partial charge in [0.1, 0.15) is 5.82 Å². The van der Waals surface area contributed by atoms with Gasteiger partial charge in [-0.05, 0) is 31.9 Å². The first-order valence-corrected chi connectivity index (χ1v) is 7.04. The molecule has 6 nitrogen and oxygen atoms in total. The largest absolute Gasteiger partial charge is 0.364 e. The molecular weight excluding hydrogens is 268 g/mol. The van der Waals surface area contributed by atoms with E-state index in [1.807, 2.05) is 19.1 Å². The summed E-state index contributed by atoms with van der Waals surface area (Å²) in [4.78, 5) is 29.6. The molecule has 0 radical (unpaired) electrons. The van der Waals surface area contributed by atoms with Crippen molar-refractivity contribution in [1.82, 2.24) is 9.88 Å². The zero-order valence-electron chi connectivity index (χ0n) is 12.3. The van der Waals surface area contributed by atoms with E-state index in [4.69, 9.17) is 0 Å². The van der Waals surface area contributed by atoms with E-state index in [0.29, 0.717) is 24.7 Å². The van der Waals surface area contributed by atoms with E-state index in [0.717, 1.165) is 23.6 Å². The summed E-state index contributed by atoms with van der Waals surface area (Å²) in [5, 5.41) is 3.32. The summed E-state index contributed by atoms with van der Waals surface area (Å²) < 4.78 is 0. The van der Waals surface area contributed by atoms with Crippen molar-refractivity contribution in [3.63, 3.8) is 0 Å². The maximum Gasteiger partial charge on any atom is 0.330 e. The van der Waals surface area contributed by atoms with Crippen LogP contribution in [-0.4, -0.2) is 42.0 Å². The minimum atomic E-state index is -0.367. The van der Waals surface area contributed by atoms with Gasteiger partial charge in [-0.15, -0.1) is 0 Å². The summed E-state index contributed by atoms with van der Waals surface area (Å²) in [6, 6.07) is 3.63. The minimum absolute atomic E-state index is 0.327. The number of hydrogen-bond donors (Lipinski definition) is 1. The van der Waals surface area contributed by atoms with Crippen LogP contribution < -0.4 is 10.2 Å². The van der Waals surface area contributed by atoms with Crippen molar-refractivity contribution < 1.29 is 9.59 Å². The number of carbonyl (C=O) groups is 2. The summed E-state index contributed by atoms with van der Waals surface area (Å²) in [5.74, 6) is 0.780. The first kappa shape index (κ1) is 15.0. The Morgan fingerprint density at radius 1 is 1.52 bits per heavy atom. The van der Waals surface area contributed by atoms with Gasteiger partial charge >= 0.3 is 6.03 Å². The van der Waals surface area contributed by atoms with E-state index in [1.54, 1.807) is 6.20 Å². The summed E-state index contributed by atoms with van der Waals surface area (Å²) in [6.07, 6.45) is 8.59.